The maximum Gasteiger partial charge on any atom is 0.407 e. The smallest absolute Gasteiger partial charge is 0.407 e. The Morgan fingerprint density at radius 3 is 2.42 bits per heavy atom. The van der Waals surface area contributed by atoms with Crippen LogP contribution < -0.4 is 15.5 Å². The van der Waals surface area contributed by atoms with Gasteiger partial charge in [0, 0.05) is 30.3 Å². The van der Waals surface area contributed by atoms with Gasteiger partial charge in [0.05, 0.1) is 6.04 Å². The first-order valence-corrected chi connectivity index (χ1v) is 18.1. The molecule has 11 heteroatoms. The van der Waals surface area contributed by atoms with Crippen molar-refractivity contribution in [2.24, 2.45) is 23.7 Å². The van der Waals surface area contributed by atoms with E-state index in [1.54, 1.807) is 20.8 Å². The third kappa shape index (κ3) is 7.01. The molecule has 2 saturated carbocycles. The second-order valence-electron chi connectivity index (χ2n) is 16.1. The number of benzene rings is 1. The number of anilines is 2. The van der Waals surface area contributed by atoms with Crippen LogP contribution >= 0.6 is 0 Å². The summed E-state index contributed by atoms with van der Waals surface area (Å²) in [6, 6.07) is 4.23. The van der Waals surface area contributed by atoms with E-state index in [9.17, 15) is 23.6 Å². The van der Waals surface area contributed by atoms with Gasteiger partial charge >= 0.3 is 12.1 Å². The fraction of sp³-hybridized carbons (Fsp3) is 0.730. The number of ether oxygens (including phenoxy) is 2. The molecule has 1 aromatic rings. The molecule has 3 heterocycles. The molecule has 264 valence electrons. The molecule has 48 heavy (non-hydrogen) atoms. The Morgan fingerprint density at radius 2 is 1.75 bits per heavy atom. The molecule has 0 radical (unpaired) electrons. The monoisotopic (exact) mass is 668 g/mol. The molecule has 4 fully saturated rings. The first kappa shape index (κ1) is 34.5. The van der Waals surface area contributed by atoms with E-state index in [1.807, 2.05) is 41.8 Å². The van der Waals surface area contributed by atoms with Gasteiger partial charge in [-0.15, -0.1) is 0 Å². The van der Waals surface area contributed by atoms with Crippen molar-refractivity contribution >= 4 is 35.3 Å². The number of likely N-dealkylation sites (tertiary alicyclic amines) is 1. The lowest BCUT2D eigenvalue weighted by Gasteiger charge is -2.37. The van der Waals surface area contributed by atoms with E-state index in [1.165, 1.54) is 6.42 Å². The van der Waals surface area contributed by atoms with Crippen LogP contribution in [0.15, 0.2) is 18.2 Å². The van der Waals surface area contributed by atoms with E-state index in [0.29, 0.717) is 50.3 Å². The summed E-state index contributed by atoms with van der Waals surface area (Å²) in [7, 11) is 0. The molecule has 1 aromatic carbocycles. The number of halogens is 1. The lowest BCUT2D eigenvalue weighted by molar-refractivity contribution is -0.146. The standard InChI is InChI=1S/C37H53FN4O6/c1-36(2,3)48-35(46)40-28(21-38)23-11-13-24(14-12-23)33(44)41-18-17-27(22-9-7-6-8-10-22)31(41)32(43)39-26-15-16-29-25(19-26)20-30-34(45)47-37(4,5)42(29)30/h15-16,19,22-24,27-28,30-31H,6-14,17-18,20-21H2,1-5H3,(H,39,43)(H,40,46)/t23?,24?,27-,28+,30?,31-/m0/s1. The average Bonchev–Trinajstić information content (AvgIpc) is 3.71. The van der Waals surface area contributed by atoms with Crippen LogP contribution in [-0.2, 0) is 30.3 Å². The number of nitrogens with zero attached hydrogens (tertiary/aromatic N) is 2. The Hall–Kier alpha value is -3.37. The van der Waals surface area contributed by atoms with Gasteiger partial charge in [0.2, 0.25) is 11.8 Å². The molecule has 1 unspecified atom stereocenters. The molecule has 4 atom stereocenters. The van der Waals surface area contributed by atoms with Crippen molar-refractivity contribution in [3.63, 3.8) is 0 Å². The first-order valence-electron chi connectivity index (χ1n) is 18.1. The van der Waals surface area contributed by atoms with Crippen LogP contribution in [0.1, 0.15) is 104 Å². The van der Waals surface area contributed by atoms with Crippen molar-refractivity contribution in [2.75, 3.05) is 23.4 Å². The number of rotatable bonds is 7. The third-order valence-corrected chi connectivity index (χ3v) is 11.3. The van der Waals surface area contributed by atoms with E-state index < -0.39 is 36.2 Å². The number of amides is 3. The average molecular weight is 669 g/mol. The van der Waals surface area contributed by atoms with Gasteiger partial charge in [-0.2, -0.15) is 0 Å². The summed E-state index contributed by atoms with van der Waals surface area (Å²) in [5.74, 6) is -0.169. The molecule has 6 rings (SSSR count). The lowest BCUT2D eigenvalue weighted by Crippen LogP contribution is -2.50. The lowest BCUT2D eigenvalue weighted by atomic mass is 9.76. The summed E-state index contributed by atoms with van der Waals surface area (Å²) < 4.78 is 25.0. The Labute approximate surface area is 283 Å². The number of hydrogen-bond acceptors (Lipinski definition) is 7. The van der Waals surface area contributed by atoms with Crippen LogP contribution in [-0.4, -0.2) is 71.4 Å². The van der Waals surface area contributed by atoms with E-state index in [0.717, 1.165) is 43.4 Å². The number of hydrogen-bond donors (Lipinski definition) is 2. The number of alkyl carbamates (subject to hydrolysis) is 1. The second-order valence-corrected chi connectivity index (χ2v) is 16.1. The Kier molecular flexibility index (Phi) is 9.70. The number of alkyl halides is 1. The Bertz CT molecular complexity index is 1400. The Balaban J connectivity index is 1.14. The zero-order chi connectivity index (χ0) is 34.4. The molecule has 0 spiro atoms. The second kappa shape index (κ2) is 13.5. The van der Waals surface area contributed by atoms with Gasteiger partial charge in [0.15, 0.2) is 5.72 Å². The maximum atomic E-state index is 14.2. The Morgan fingerprint density at radius 1 is 1.04 bits per heavy atom. The molecule has 2 N–H and O–H groups in total. The number of carbonyl (C=O) groups is 4. The molecule has 2 saturated heterocycles. The SMILES string of the molecule is CC(C)(C)OC(=O)N[C@H](CF)C1CCC(C(=O)N2CC[C@@H](C3CCCCC3)[C@H]2C(=O)Nc2ccc3c(c2)CC2C(=O)OC(C)(C)N32)CC1. The largest absolute Gasteiger partial charge is 0.444 e. The minimum absolute atomic E-state index is 0.0131. The van der Waals surface area contributed by atoms with Crippen LogP contribution in [0, 0.1) is 23.7 Å². The van der Waals surface area contributed by atoms with Gasteiger partial charge < -0.3 is 29.9 Å². The summed E-state index contributed by atoms with van der Waals surface area (Å²) in [6.07, 6.45) is 8.83. The van der Waals surface area contributed by atoms with Gasteiger partial charge in [-0.1, -0.05) is 32.1 Å². The predicted molar refractivity (Wildman–Crippen MR) is 180 cm³/mol. The van der Waals surface area contributed by atoms with Crippen LogP contribution in [0.2, 0.25) is 0 Å². The number of carbonyl (C=O) groups excluding carboxylic acids is 4. The minimum Gasteiger partial charge on any atom is -0.444 e. The molecule has 3 amide bonds. The molecule has 5 aliphatic rings. The van der Waals surface area contributed by atoms with Crippen molar-refractivity contribution in [1.29, 1.82) is 0 Å². The van der Waals surface area contributed by atoms with Gasteiger partial charge in [0.1, 0.15) is 24.4 Å². The van der Waals surface area contributed by atoms with E-state index >= 15 is 0 Å². The van der Waals surface area contributed by atoms with E-state index in [4.69, 9.17) is 9.47 Å². The summed E-state index contributed by atoms with van der Waals surface area (Å²) in [5.41, 5.74) is 1.21. The van der Waals surface area contributed by atoms with Crippen LogP contribution in [0.25, 0.3) is 0 Å². The summed E-state index contributed by atoms with van der Waals surface area (Å²) in [4.78, 5) is 57.1. The molecular weight excluding hydrogens is 615 g/mol. The van der Waals surface area contributed by atoms with Crippen molar-refractivity contribution in [1.82, 2.24) is 10.2 Å². The van der Waals surface area contributed by atoms with Crippen molar-refractivity contribution in [2.45, 2.75) is 135 Å². The molecule has 2 aliphatic carbocycles. The fourth-order valence-electron chi connectivity index (χ4n) is 9.16. The van der Waals surface area contributed by atoms with Crippen LogP contribution in [0.3, 0.4) is 0 Å². The third-order valence-electron chi connectivity index (χ3n) is 11.3. The highest BCUT2D eigenvalue weighted by Crippen LogP contribution is 2.45. The van der Waals surface area contributed by atoms with Gasteiger partial charge in [0.25, 0.3) is 0 Å². The van der Waals surface area contributed by atoms with Gasteiger partial charge in [-0.05, 0) is 108 Å². The predicted octanol–water partition coefficient (Wildman–Crippen LogP) is 6.12. The zero-order valence-electron chi connectivity index (χ0n) is 29.2. The minimum atomic E-state index is -0.726. The molecule has 0 aromatic heterocycles. The van der Waals surface area contributed by atoms with Crippen LogP contribution in [0.5, 0.6) is 0 Å². The molecular formula is C37H53FN4O6. The van der Waals surface area contributed by atoms with Crippen molar-refractivity contribution in [3.05, 3.63) is 23.8 Å². The quantitative estimate of drug-likeness (QED) is 0.337. The summed E-state index contributed by atoms with van der Waals surface area (Å²) in [6.45, 7) is 8.96. The van der Waals surface area contributed by atoms with Gasteiger partial charge in [-0.25, -0.2) is 14.0 Å². The van der Waals surface area contributed by atoms with Crippen LogP contribution in [0.4, 0.5) is 20.6 Å². The van der Waals surface area contributed by atoms with E-state index in [-0.39, 0.29) is 41.6 Å². The molecule has 0 bridgehead atoms. The maximum absolute atomic E-state index is 14.2. The molecule has 3 aliphatic heterocycles. The number of fused-ring (bicyclic) bond motifs is 3. The normalized spacial score (nSPS) is 29.1. The molecule has 10 nitrogen and oxygen atoms in total. The van der Waals surface area contributed by atoms with Crippen molar-refractivity contribution < 1.29 is 33.0 Å². The number of esters is 1. The van der Waals surface area contributed by atoms with E-state index in [2.05, 4.69) is 10.6 Å². The fourth-order valence-corrected chi connectivity index (χ4v) is 9.16. The zero-order valence-corrected chi connectivity index (χ0v) is 29.2. The van der Waals surface area contributed by atoms with Gasteiger partial charge in [-0.3, -0.25) is 9.59 Å². The number of nitrogens with one attached hydrogen (secondary N) is 2. The number of cyclic esters (lactones) is 1. The first-order chi connectivity index (χ1) is 22.8. The highest BCUT2D eigenvalue weighted by atomic mass is 19.1. The topological polar surface area (TPSA) is 117 Å². The highest BCUT2D eigenvalue weighted by molar-refractivity contribution is 5.99. The van der Waals surface area contributed by atoms with Crippen molar-refractivity contribution in [3.8, 4) is 0 Å². The summed E-state index contributed by atoms with van der Waals surface area (Å²) in [5, 5.41) is 5.87. The summed E-state index contributed by atoms with van der Waals surface area (Å²) >= 11 is 0. The highest BCUT2D eigenvalue weighted by Gasteiger charge is 2.52.